The molecule has 8 heteroatoms. The summed E-state index contributed by atoms with van der Waals surface area (Å²) < 4.78 is 4.91. The van der Waals surface area contributed by atoms with E-state index < -0.39 is 24.4 Å². The Morgan fingerprint density at radius 3 is 2.18 bits per heavy atom. The van der Waals surface area contributed by atoms with Gasteiger partial charge in [0.15, 0.2) is 6.61 Å². The van der Waals surface area contributed by atoms with Gasteiger partial charge in [-0.3, -0.25) is 19.2 Å². The molecule has 0 aliphatic rings. The van der Waals surface area contributed by atoms with Gasteiger partial charge < -0.3 is 20.7 Å². The number of carbonyl (C=O) groups is 4. The lowest BCUT2D eigenvalue weighted by Gasteiger charge is -2.12. The molecule has 3 N–H and O–H groups in total. The highest BCUT2D eigenvalue weighted by Crippen LogP contribution is 2.15. The van der Waals surface area contributed by atoms with E-state index in [9.17, 15) is 19.2 Å². The zero-order valence-electron chi connectivity index (χ0n) is 18.7. The van der Waals surface area contributed by atoms with E-state index in [0.717, 1.165) is 11.1 Å². The zero-order chi connectivity index (χ0) is 24.3. The maximum atomic E-state index is 12.6. The number of esters is 1. The highest BCUT2D eigenvalue weighted by molar-refractivity contribution is 6.04. The van der Waals surface area contributed by atoms with Crippen LogP contribution in [0.3, 0.4) is 0 Å². The van der Waals surface area contributed by atoms with E-state index in [2.05, 4.69) is 16.0 Å². The smallest absolute Gasteiger partial charge is 0.325 e. The molecule has 0 radical (unpaired) electrons. The van der Waals surface area contributed by atoms with E-state index in [-0.39, 0.29) is 18.0 Å². The molecule has 0 heterocycles. The molecule has 0 aliphatic heterocycles. The zero-order valence-corrected chi connectivity index (χ0v) is 18.7. The number of nitrogens with one attached hydrogen (secondary N) is 3. The first-order chi connectivity index (χ1) is 16.4. The molecule has 34 heavy (non-hydrogen) atoms. The van der Waals surface area contributed by atoms with Gasteiger partial charge in [0.05, 0.1) is 11.3 Å². The third kappa shape index (κ3) is 7.30. The SMILES string of the molecule is Cc1ccc(CNC(=O)c2ccccc2NC(=O)COC(=O)CNC(=O)c2ccccc2)cc1. The van der Waals surface area contributed by atoms with Crippen LogP contribution in [0.25, 0.3) is 0 Å². The topological polar surface area (TPSA) is 114 Å². The van der Waals surface area contributed by atoms with Gasteiger partial charge in [-0.2, -0.15) is 0 Å². The number of anilines is 1. The fourth-order valence-electron chi connectivity index (χ4n) is 3.00. The second-order valence-corrected chi connectivity index (χ2v) is 7.47. The molecule has 3 aromatic carbocycles. The summed E-state index contributed by atoms with van der Waals surface area (Å²) >= 11 is 0. The van der Waals surface area contributed by atoms with Crippen molar-refractivity contribution >= 4 is 29.4 Å². The molecule has 0 saturated heterocycles. The highest BCUT2D eigenvalue weighted by Gasteiger charge is 2.15. The summed E-state index contributed by atoms with van der Waals surface area (Å²) in [5, 5.41) is 7.83. The van der Waals surface area contributed by atoms with Gasteiger partial charge in [-0.15, -0.1) is 0 Å². The number of amides is 3. The van der Waals surface area contributed by atoms with E-state index in [1.54, 1.807) is 54.6 Å². The van der Waals surface area contributed by atoms with Gasteiger partial charge in [-0.1, -0.05) is 60.2 Å². The Labute approximate surface area is 197 Å². The van der Waals surface area contributed by atoms with Crippen molar-refractivity contribution in [1.29, 1.82) is 0 Å². The molecule has 3 amide bonds. The van der Waals surface area contributed by atoms with E-state index >= 15 is 0 Å². The number of hydrogen-bond acceptors (Lipinski definition) is 5. The maximum absolute atomic E-state index is 12.6. The number of ether oxygens (including phenoxy) is 1. The molecule has 8 nitrogen and oxygen atoms in total. The number of para-hydroxylation sites is 1. The fraction of sp³-hybridized carbons (Fsp3) is 0.154. The van der Waals surface area contributed by atoms with Crippen molar-refractivity contribution in [1.82, 2.24) is 10.6 Å². The molecular formula is C26H25N3O5. The summed E-state index contributed by atoms with van der Waals surface area (Å²) in [4.78, 5) is 48.7. The largest absolute Gasteiger partial charge is 0.454 e. The number of rotatable bonds is 9. The predicted octanol–water partition coefficient (Wildman–Crippen LogP) is 2.84. The molecular weight excluding hydrogens is 434 g/mol. The average molecular weight is 460 g/mol. The van der Waals surface area contributed by atoms with Gasteiger partial charge in [0.1, 0.15) is 6.54 Å². The molecule has 0 aliphatic carbocycles. The molecule has 0 unspecified atom stereocenters. The van der Waals surface area contributed by atoms with Crippen molar-refractivity contribution in [2.75, 3.05) is 18.5 Å². The molecule has 0 saturated carbocycles. The predicted molar refractivity (Wildman–Crippen MR) is 127 cm³/mol. The highest BCUT2D eigenvalue weighted by atomic mass is 16.5. The molecule has 0 spiro atoms. The summed E-state index contributed by atoms with van der Waals surface area (Å²) in [5.41, 5.74) is 3.06. The Morgan fingerprint density at radius 1 is 0.765 bits per heavy atom. The molecule has 3 aromatic rings. The first-order valence-electron chi connectivity index (χ1n) is 10.6. The lowest BCUT2D eigenvalue weighted by molar-refractivity contribution is -0.146. The number of hydrogen-bond donors (Lipinski definition) is 3. The molecule has 174 valence electrons. The standard InChI is InChI=1S/C26H25N3O5/c1-18-11-13-19(14-12-18)15-27-26(33)21-9-5-6-10-22(21)29-23(30)17-34-24(31)16-28-25(32)20-7-3-2-4-8-20/h2-14H,15-17H2,1H3,(H,27,33)(H,28,32)(H,29,30). The van der Waals surface area contributed by atoms with Crippen LogP contribution >= 0.6 is 0 Å². The number of aryl methyl sites for hydroxylation is 1. The van der Waals surface area contributed by atoms with Crippen molar-refractivity contribution < 1.29 is 23.9 Å². The Kier molecular flexibility index (Phi) is 8.51. The molecule has 0 bridgehead atoms. The summed E-state index contributed by atoms with van der Waals surface area (Å²) in [6.07, 6.45) is 0. The van der Waals surface area contributed by atoms with Crippen LogP contribution in [0.4, 0.5) is 5.69 Å². The first-order valence-corrected chi connectivity index (χ1v) is 10.6. The van der Waals surface area contributed by atoms with E-state index in [0.29, 0.717) is 17.8 Å². The second kappa shape index (κ2) is 12.0. The molecule has 0 fully saturated rings. The van der Waals surface area contributed by atoms with Crippen molar-refractivity contribution in [3.63, 3.8) is 0 Å². The average Bonchev–Trinajstić information content (AvgIpc) is 2.86. The Morgan fingerprint density at radius 2 is 1.44 bits per heavy atom. The van der Waals surface area contributed by atoms with Gasteiger partial charge in [-0.05, 0) is 36.8 Å². The summed E-state index contributed by atoms with van der Waals surface area (Å²) in [7, 11) is 0. The summed E-state index contributed by atoms with van der Waals surface area (Å²) in [5.74, 6) is -2.14. The van der Waals surface area contributed by atoms with Crippen molar-refractivity contribution in [3.05, 3.63) is 101 Å². The molecule has 0 atom stereocenters. The van der Waals surface area contributed by atoms with Crippen LogP contribution in [0, 0.1) is 6.92 Å². The van der Waals surface area contributed by atoms with Crippen LogP contribution in [0.15, 0.2) is 78.9 Å². The fourth-order valence-corrected chi connectivity index (χ4v) is 3.00. The van der Waals surface area contributed by atoms with Crippen LogP contribution < -0.4 is 16.0 Å². The van der Waals surface area contributed by atoms with Gasteiger partial charge in [-0.25, -0.2) is 0 Å². The van der Waals surface area contributed by atoms with Crippen LogP contribution in [0.2, 0.25) is 0 Å². The van der Waals surface area contributed by atoms with Gasteiger partial charge in [0, 0.05) is 12.1 Å². The van der Waals surface area contributed by atoms with Crippen molar-refractivity contribution in [3.8, 4) is 0 Å². The Balaban J connectivity index is 1.47. The summed E-state index contributed by atoms with van der Waals surface area (Å²) in [6.45, 7) is 1.39. The third-order valence-electron chi connectivity index (χ3n) is 4.81. The minimum Gasteiger partial charge on any atom is -0.454 e. The van der Waals surface area contributed by atoms with Crippen LogP contribution in [0.1, 0.15) is 31.8 Å². The van der Waals surface area contributed by atoms with Gasteiger partial charge in [0.2, 0.25) is 0 Å². The van der Waals surface area contributed by atoms with Crippen molar-refractivity contribution in [2.45, 2.75) is 13.5 Å². The minimum absolute atomic E-state index is 0.282. The normalized spacial score (nSPS) is 10.1. The monoisotopic (exact) mass is 459 g/mol. The Bertz CT molecular complexity index is 1160. The van der Waals surface area contributed by atoms with E-state index in [4.69, 9.17) is 4.74 Å². The minimum atomic E-state index is -0.761. The van der Waals surface area contributed by atoms with Gasteiger partial charge in [0.25, 0.3) is 17.7 Å². The van der Waals surface area contributed by atoms with E-state index in [1.165, 1.54) is 0 Å². The lowest BCUT2D eigenvalue weighted by Crippen LogP contribution is -2.32. The maximum Gasteiger partial charge on any atom is 0.325 e. The van der Waals surface area contributed by atoms with Crippen LogP contribution in [-0.4, -0.2) is 36.8 Å². The Hall–Kier alpha value is -4.46. The van der Waals surface area contributed by atoms with Gasteiger partial charge >= 0.3 is 5.97 Å². The quantitative estimate of drug-likeness (QED) is 0.426. The van der Waals surface area contributed by atoms with Crippen molar-refractivity contribution in [2.24, 2.45) is 0 Å². The van der Waals surface area contributed by atoms with Crippen LogP contribution in [-0.2, 0) is 20.9 Å². The number of benzene rings is 3. The van der Waals surface area contributed by atoms with Crippen LogP contribution in [0.5, 0.6) is 0 Å². The molecule has 3 rings (SSSR count). The number of carbonyl (C=O) groups excluding carboxylic acids is 4. The first kappa shape index (κ1) is 24.2. The summed E-state index contributed by atoms with van der Waals surface area (Å²) in [6, 6.07) is 22.7. The second-order valence-electron chi connectivity index (χ2n) is 7.47. The molecule has 0 aromatic heterocycles. The van der Waals surface area contributed by atoms with E-state index in [1.807, 2.05) is 31.2 Å². The third-order valence-corrected chi connectivity index (χ3v) is 4.81. The lowest BCUT2D eigenvalue weighted by atomic mass is 10.1.